The molecule has 0 fully saturated rings. The lowest BCUT2D eigenvalue weighted by molar-refractivity contribution is 0.0526. The first-order chi connectivity index (χ1) is 11.1. The zero-order chi connectivity index (χ0) is 18.1. The number of ether oxygens (including phenoxy) is 2. The van der Waals surface area contributed by atoms with Gasteiger partial charge in [0.2, 0.25) is 0 Å². The van der Waals surface area contributed by atoms with Crippen molar-refractivity contribution in [2.45, 2.75) is 33.8 Å². The van der Waals surface area contributed by atoms with Gasteiger partial charge in [0, 0.05) is 11.5 Å². The second-order valence-corrected chi connectivity index (χ2v) is 6.19. The summed E-state index contributed by atoms with van der Waals surface area (Å²) in [6, 6.07) is 2.58. The molecule has 4 N–H and O–H groups in total. The third-order valence-electron chi connectivity index (χ3n) is 2.96. The Labute approximate surface area is 145 Å². The van der Waals surface area contributed by atoms with Crippen LogP contribution in [0, 0.1) is 6.92 Å². The van der Waals surface area contributed by atoms with Crippen molar-refractivity contribution in [3.63, 3.8) is 0 Å². The van der Waals surface area contributed by atoms with E-state index in [1.807, 2.05) is 0 Å². The number of benzene rings is 1. The summed E-state index contributed by atoms with van der Waals surface area (Å²) in [5.41, 5.74) is 0.415. The quantitative estimate of drug-likeness (QED) is 0.459. The number of carbonyl (C=O) groups excluding carboxylic acids is 1. The molecule has 0 unspecified atom stereocenters. The standard InChI is InChI=1S/C15H18O8S.H3N/c1-5-20-15(16)14-9(4)22-11-7-12(21-8(2)3)13(6-10(11)14)23-24(17,18)19;/h6-8H,5H2,1-4H3,(H,17,18,19);1H3. The third-order valence-corrected chi connectivity index (χ3v) is 3.35. The molecule has 2 rings (SSSR count). The molecule has 140 valence electrons. The number of aryl methyl sites for hydroxylation is 1. The number of hydrogen-bond acceptors (Lipinski definition) is 8. The number of quaternary nitrogens is 1. The predicted octanol–water partition coefficient (Wildman–Crippen LogP) is 2.92. The number of furan rings is 1. The smallest absolute Gasteiger partial charge is 0.342 e. The summed E-state index contributed by atoms with van der Waals surface area (Å²) in [5, 5.41) is 0.265. The Kier molecular flexibility index (Phi) is 6.41. The molecule has 9 nitrogen and oxygen atoms in total. The van der Waals surface area contributed by atoms with Crippen molar-refractivity contribution < 1.29 is 35.8 Å². The van der Waals surface area contributed by atoms with E-state index in [1.54, 1.807) is 27.7 Å². The van der Waals surface area contributed by atoms with Gasteiger partial charge in [0.05, 0.1) is 12.7 Å². The van der Waals surface area contributed by atoms with E-state index in [0.29, 0.717) is 5.76 Å². The van der Waals surface area contributed by atoms with Crippen LogP contribution in [0.2, 0.25) is 0 Å². The van der Waals surface area contributed by atoms with Crippen LogP contribution in [-0.2, 0) is 15.1 Å². The molecule has 0 aliphatic carbocycles. The number of carbonyl (C=O) groups is 1. The van der Waals surface area contributed by atoms with Crippen LogP contribution in [0.1, 0.15) is 36.9 Å². The molecule has 0 aliphatic rings. The molecule has 25 heavy (non-hydrogen) atoms. The van der Waals surface area contributed by atoms with Crippen LogP contribution < -0.4 is 15.1 Å². The van der Waals surface area contributed by atoms with Crippen molar-refractivity contribution in [1.29, 1.82) is 0 Å². The average molecular weight is 375 g/mol. The number of hydrogen-bond donors (Lipinski definition) is 1. The molecule has 0 saturated heterocycles. The Hall–Kier alpha value is -2.30. The molecular formula is C15H21NO8S. The van der Waals surface area contributed by atoms with Gasteiger partial charge in [-0.3, -0.25) is 0 Å². The molecule has 0 spiro atoms. The van der Waals surface area contributed by atoms with E-state index in [1.165, 1.54) is 12.1 Å². The van der Waals surface area contributed by atoms with E-state index in [9.17, 15) is 17.8 Å². The topological polar surface area (TPSA) is 152 Å². The summed E-state index contributed by atoms with van der Waals surface area (Å²) in [5.74, 6) is -0.637. The van der Waals surface area contributed by atoms with Gasteiger partial charge >= 0.3 is 5.97 Å². The maximum Gasteiger partial charge on any atom is 0.342 e. The van der Waals surface area contributed by atoms with Crippen molar-refractivity contribution in [1.82, 2.24) is 6.15 Å². The molecule has 10 heteroatoms. The van der Waals surface area contributed by atoms with Crippen molar-refractivity contribution >= 4 is 27.3 Å². The minimum atomic E-state index is -5.02. The summed E-state index contributed by atoms with van der Waals surface area (Å²) >= 11 is 0. The van der Waals surface area contributed by atoms with Crippen LogP contribution in [0.4, 0.5) is 0 Å². The Balaban J connectivity index is 0.00000312. The van der Waals surface area contributed by atoms with Crippen LogP contribution in [0.3, 0.4) is 0 Å². The minimum Gasteiger partial charge on any atom is -0.716 e. The van der Waals surface area contributed by atoms with Crippen LogP contribution in [0.5, 0.6) is 11.5 Å². The summed E-state index contributed by atoms with van der Waals surface area (Å²) in [6.07, 6.45) is -0.306. The van der Waals surface area contributed by atoms with Crippen molar-refractivity contribution in [2.24, 2.45) is 0 Å². The molecule has 0 amide bonds. The molecule has 1 aromatic heterocycles. The zero-order valence-corrected chi connectivity index (χ0v) is 15.4. The SMILES string of the molecule is CCOC(=O)c1c(C)oc2cc(OC(C)C)c(OS(=O)(=O)[O-])cc12.[NH4+]. The van der Waals surface area contributed by atoms with Crippen LogP contribution in [-0.4, -0.2) is 31.7 Å². The van der Waals surface area contributed by atoms with Gasteiger partial charge in [-0.1, -0.05) is 0 Å². The normalized spacial score (nSPS) is 11.3. The van der Waals surface area contributed by atoms with E-state index in [2.05, 4.69) is 4.18 Å². The highest BCUT2D eigenvalue weighted by Gasteiger charge is 2.23. The van der Waals surface area contributed by atoms with Crippen molar-refractivity contribution in [2.75, 3.05) is 6.61 Å². The zero-order valence-electron chi connectivity index (χ0n) is 14.6. The largest absolute Gasteiger partial charge is 0.716 e. The monoisotopic (exact) mass is 375 g/mol. The maximum absolute atomic E-state index is 12.1. The molecule has 1 heterocycles. The van der Waals surface area contributed by atoms with Crippen LogP contribution in [0.25, 0.3) is 11.0 Å². The van der Waals surface area contributed by atoms with Gasteiger partial charge in [-0.15, -0.1) is 0 Å². The predicted molar refractivity (Wildman–Crippen MR) is 89.0 cm³/mol. The third kappa shape index (κ3) is 4.84. The Morgan fingerprint density at radius 3 is 2.44 bits per heavy atom. The molecule has 0 aliphatic heterocycles. The molecule has 0 saturated carbocycles. The second kappa shape index (κ2) is 7.72. The highest BCUT2D eigenvalue weighted by molar-refractivity contribution is 7.81. The van der Waals surface area contributed by atoms with Crippen LogP contribution in [0.15, 0.2) is 16.5 Å². The summed E-state index contributed by atoms with van der Waals surface area (Å²) < 4.78 is 53.2. The molecular weight excluding hydrogens is 354 g/mol. The lowest BCUT2D eigenvalue weighted by Gasteiger charge is -2.16. The molecule has 0 bridgehead atoms. The highest BCUT2D eigenvalue weighted by Crippen LogP contribution is 2.37. The molecule has 0 radical (unpaired) electrons. The van der Waals surface area contributed by atoms with E-state index in [4.69, 9.17) is 13.9 Å². The highest BCUT2D eigenvalue weighted by atomic mass is 32.3. The lowest BCUT2D eigenvalue weighted by Crippen LogP contribution is -2.11. The molecule has 2 aromatic rings. The summed E-state index contributed by atoms with van der Waals surface area (Å²) in [6.45, 7) is 6.83. The first-order valence-corrected chi connectivity index (χ1v) is 8.52. The van der Waals surface area contributed by atoms with Gasteiger partial charge in [-0.25, -0.2) is 13.2 Å². The van der Waals surface area contributed by atoms with Crippen LogP contribution >= 0.6 is 0 Å². The van der Waals surface area contributed by atoms with Crippen molar-refractivity contribution in [3.8, 4) is 11.5 Å². The Morgan fingerprint density at radius 1 is 1.28 bits per heavy atom. The lowest BCUT2D eigenvalue weighted by atomic mass is 10.1. The molecule has 0 atom stereocenters. The van der Waals surface area contributed by atoms with E-state index in [-0.39, 0.29) is 46.9 Å². The van der Waals surface area contributed by atoms with Crippen molar-refractivity contribution in [3.05, 3.63) is 23.5 Å². The van der Waals surface area contributed by atoms with E-state index >= 15 is 0 Å². The summed E-state index contributed by atoms with van der Waals surface area (Å²) in [4.78, 5) is 12.1. The Morgan fingerprint density at radius 2 is 1.92 bits per heavy atom. The fourth-order valence-corrected chi connectivity index (χ4v) is 2.55. The second-order valence-electron chi connectivity index (χ2n) is 5.21. The Bertz CT molecular complexity index is 869. The maximum atomic E-state index is 12.1. The average Bonchev–Trinajstić information content (AvgIpc) is 2.72. The van der Waals surface area contributed by atoms with Gasteiger partial charge in [0.15, 0.2) is 11.5 Å². The van der Waals surface area contributed by atoms with E-state index < -0.39 is 16.4 Å². The van der Waals surface area contributed by atoms with Gasteiger partial charge in [-0.2, -0.15) is 0 Å². The van der Waals surface area contributed by atoms with Gasteiger partial charge in [0.25, 0.3) is 10.4 Å². The fourth-order valence-electron chi connectivity index (χ4n) is 2.20. The number of esters is 1. The number of rotatable bonds is 6. The summed E-state index contributed by atoms with van der Waals surface area (Å²) in [7, 11) is -5.02. The fraction of sp³-hybridized carbons (Fsp3) is 0.400. The number of fused-ring (bicyclic) bond motifs is 1. The first kappa shape index (κ1) is 20.7. The van der Waals surface area contributed by atoms with E-state index in [0.717, 1.165) is 0 Å². The molecule has 1 aromatic carbocycles. The van der Waals surface area contributed by atoms with Gasteiger partial charge in [-0.05, 0) is 33.8 Å². The van der Waals surface area contributed by atoms with Gasteiger partial charge < -0.3 is 28.8 Å². The first-order valence-electron chi connectivity index (χ1n) is 7.18. The minimum absolute atomic E-state index is 0. The van der Waals surface area contributed by atoms with Gasteiger partial charge in [0.1, 0.15) is 16.9 Å².